The molecule has 0 unspecified atom stereocenters. The molecule has 0 bridgehead atoms. The van der Waals surface area contributed by atoms with Crippen molar-refractivity contribution < 1.29 is 48.3 Å². The second-order valence-electron chi connectivity index (χ2n) is 15.3. The molecule has 0 aliphatic heterocycles. The molecule has 7 aromatic rings. The lowest BCUT2D eigenvalue weighted by Gasteiger charge is -2.23. The van der Waals surface area contributed by atoms with Gasteiger partial charge in [-0.3, -0.25) is 28.7 Å². The van der Waals surface area contributed by atoms with E-state index in [0.717, 1.165) is 35.2 Å². The summed E-state index contributed by atoms with van der Waals surface area (Å²) in [4.78, 5) is 41.3. The Morgan fingerprint density at radius 3 is 2.45 bits per heavy atom. The quantitative estimate of drug-likeness (QED) is 0.0788. The topological polar surface area (TPSA) is 182 Å². The van der Waals surface area contributed by atoms with E-state index in [1.807, 2.05) is 0 Å². The number of halogens is 9. The van der Waals surface area contributed by atoms with Gasteiger partial charge in [0.2, 0.25) is 15.9 Å². The summed E-state index contributed by atoms with van der Waals surface area (Å²) in [6.45, 7) is -1.64. The van der Waals surface area contributed by atoms with Gasteiger partial charge in [0.25, 0.3) is 24.3 Å². The lowest BCUT2D eigenvalue weighted by Crippen LogP contribution is -2.36. The van der Waals surface area contributed by atoms with Gasteiger partial charge in [-0.1, -0.05) is 12.1 Å². The lowest BCUT2D eigenvalue weighted by molar-refractivity contribution is -0.122. The van der Waals surface area contributed by atoms with Crippen molar-refractivity contribution in [3.05, 3.63) is 122 Å². The number of rotatable bonds is 13. The van der Waals surface area contributed by atoms with Crippen LogP contribution in [-0.4, -0.2) is 66.6 Å². The van der Waals surface area contributed by atoms with E-state index in [9.17, 15) is 35.6 Å². The van der Waals surface area contributed by atoms with Gasteiger partial charge in [-0.15, -0.1) is 11.6 Å². The van der Waals surface area contributed by atoms with Crippen molar-refractivity contribution in [3.63, 3.8) is 0 Å². The number of sulfonamides is 1. The van der Waals surface area contributed by atoms with Crippen molar-refractivity contribution in [1.82, 2.24) is 44.8 Å². The third-order valence-corrected chi connectivity index (χ3v) is 11.9. The number of anilines is 1. The summed E-state index contributed by atoms with van der Waals surface area (Å²) in [5, 5.41) is 13.0. The molecule has 3 N–H and O–H groups in total. The Labute approximate surface area is 359 Å². The summed E-state index contributed by atoms with van der Waals surface area (Å²) in [7, 11) is -3.93. The molecule has 0 saturated heterocycles. The molecule has 14 nitrogen and oxygen atoms in total. The highest BCUT2D eigenvalue weighted by molar-refractivity contribution is 7.92. The number of nitrogens with one attached hydrogen (secondary N) is 3. The fourth-order valence-electron chi connectivity index (χ4n) is 8.29. The predicted octanol–water partition coefficient (Wildman–Crippen LogP) is 7.34. The normalized spacial score (nSPS) is 17.0. The van der Waals surface area contributed by atoms with Crippen molar-refractivity contribution in [2.75, 3.05) is 17.5 Å². The van der Waals surface area contributed by atoms with E-state index in [1.165, 1.54) is 30.3 Å². The molecular weight excluding hydrogens is 904 g/mol. The maximum atomic E-state index is 15.4. The van der Waals surface area contributed by atoms with E-state index in [0.29, 0.717) is 16.3 Å². The molecule has 2 aliphatic carbocycles. The Kier molecular flexibility index (Phi) is 10.5. The predicted molar refractivity (Wildman–Crippen MR) is 214 cm³/mol. The molecule has 332 valence electrons. The fraction of sp³-hybridized carbons (Fsp3) is 0.275. The first-order chi connectivity index (χ1) is 30.3. The second-order valence-corrected chi connectivity index (χ2v) is 17.3. The second kappa shape index (κ2) is 15.6. The number of aromatic amines is 1. The van der Waals surface area contributed by atoms with Crippen molar-refractivity contribution in [2.24, 2.45) is 5.92 Å². The highest BCUT2D eigenvalue weighted by atomic mass is 35.5. The van der Waals surface area contributed by atoms with E-state index in [1.54, 1.807) is 0 Å². The number of amides is 1. The molecule has 3 aromatic carbocycles. The monoisotopic (exact) mass is 932 g/mol. The Morgan fingerprint density at radius 1 is 1.02 bits per heavy atom. The molecular formula is C40H29ClF8N10O4S. The van der Waals surface area contributed by atoms with E-state index >= 15 is 17.6 Å². The highest BCUT2D eigenvalue weighted by Gasteiger charge is 2.67. The van der Waals surface area contributed by atoms with Crippen LogP contribution in [0, 0.1) is 17.6 Å². The minimum atomic E-state index is -3.93. The van der Waals surface area contributed by atoms with Gasteiger partial charge in [0, 0.05) is 41.7 Å². The van der Waals surface area contributed by atoms with Crippen LogP contribution >= 0.6 is 11.6 Å². The number of nitrogens with zero attached hydrogens (tertiary/aromatic N) is 7. The van der Waals surface area contributed by atoms with Crippen LogP contribution in [0.3, 0.4) is 0 Å². The maximum Gasteiger partial charge on any atom is 0.293 e. The fourth-order valence-corrected chi connectivity index (χ4v) is 9.02. The standard InChI is InChI=1S/C40H29ClF8N10O4S/c1-64(62,63)57-37-29-17(13-41)3-5-27(31(29)54-55-37)59-38(53-26-10-16(2-4-21(26)39(59)61)36-50-7-6-25(52-36)34(44)45)23(18-8-19(42)11-20(43)9-18)14-51-28(60)15-58-33-30(32(56-58)35(46)47)22-12-24(22)40(33,48)49/h2-11,22-24,34-35H,12-15H2,1H3,(H,51,60)(H2,54,55,57)/t22-,23+,24+/m0/s1. The largest absolute Gasteiger partial charge is 0.353 e. The number of hydrogen-bond acceptors (Lipinski definition) is 9. The molecule has 9 rings (SSSR count). The van der Waals surface area contributed by atoms with Crippen molar-refractivity contribution in [2.45, 2.75) is 49.5 Å². The molecule has 3 atom stereocenters. The maximum absolute atomic E-state index is 15.4. The molecule has 2 aliphatic rings. The molecule has 1 amide bonds. The summed E-state index contributed by atoms with van der Waals surface area (Å²) in [5.74, 6) is -11.2. The summed E-state index contributed by atoms with van der Waals surface area (Å²) in [5.41, 5.74) is -3.31. The van der Waals surface area contributed by atoms with E-state index in [2.05, 4.69) is 35.3 Å². The summed E-state index contributed by atoms with van der Waals surface area (Å²) in [6.07, 6.45) is -4.21. The summed E-state index contributed by atoms with van der Waals surface area (Å²) in [6, 6.07) is 10.2. The molecule has 64 heavy (non-hydrogen) atoms. The number of hydrogen-bond donors (Lipinski definition) is 3. The van der Waals surface area contributed by atoms with Crippen LogP contribution in [0.5, 0.6) is 0 Å². The first-order valence-corrected chi connectivity index (χ1v) is 21.5. The molecule has 4 heterocycles. The average Bonchev–Trinajstić information content (AvgIpc) is 3.71. The zero-order valence-corrected chi connectivity index (χ0v) is 34.1. The van der Waals surface area contributed by atoms with Gasteiger partial charge in [0.15, 0.2) is 11.6 Å². The van der Waals surface area contributed by atoms with Crippen LogP contribution in [0.25, 0.3) is 38.9 Å². The Balaban J connectivity index is 1.22. The first-order valence-electron chi connectivity index (χ1n) is 19.1. The van der Waals surface area contributed by atoms with Crippen molar-refractivity contribution in [1.29, 1.82) is 0 Å². The zero-order valence-electron chi connectivity index (χ0n) is 32.6. The molecule has 24 heteroatoms. The number of benzene rings is 3. The van der Waals surface area contributed by atoms with Crippen LogP contribution in [0.4, 0.5) is 40.9 Å². The Hall–Kier alpha value is -6.49. The summed E-state index contributed by atoms with van der Waals surface area (Å²) >= 11 is 6.25. The minimum Gasteiger partial charge on any atom is -0.353 e. The van der Waals surface area contributed by atoms with Crippen LogP contribution in [0.1, 0.15) is 70.7 Å². The average molecular weight is 933 g/mol. The van der Waals surface area contributed by atoms with Crippen molar-refractivity contribution in [3.8, 4) is 17.1 Å². The first kappa shape index (κ1) is 42.8. The van der Waals surface area contributed by atoms with E-state index in [-0.39, 0.29) is 74.0 Å². The van der Waals surface area contributed by atoms with Gasteiger partial charge in [0.1, 0.15) is 41.1 Å². The number of carbonyl (C=O) groups excluding carboxylic acids is 1. The lowest BCUT2D eigenvalue weighted by atomic mass is 9.96. The van der Waals surface area contributed by atoms with E-state index < -0.39 is 99.8 Å². The summed E-state index contributed by atoms with van der Waals surface area (Å²) < 4.78 is 145. The highest BCUT2D eigenvalue weighted by Crippen LogP contribution is 2.68. The van der Waals surface area contributed by atoms with Gasteiger partial charge in [-0.05, 0) is 59.9 Å². The van der Waals surface area contributed by atoms with Crippen LogP contribution in [0.15, 0.2) is 65.6 Å². The Bertz CT molecular complexity index is 3220. The number of carbonyl (C=O) groups is 1. The van der Waals surface area contributed by atoms with Gasteiger partial charge in [-0.25, -0.2) is 49.7 Å². The SMILES string of the molecule is CS(=O)(=O)Nc1n[nH]c2c(-n3c([C@H](CNC(=O)Cn4nc(C(F)F)c5c4C(F)(F)[C@@H]4C[C@H]54)c4cc(F)cc(F)c4)nc4cc(-c5nccc(C(F)F)n5)ccc4c3=O)ccc(CCl)c12. The van der Waals surface area contributed by atoms with Gasteiger partial charge < -0.3 is 5.32 Å². The number of aromatic nitrogens is 8. The van der Waals surface area contributed by atoms with Crippen LogP contribution in [0.2, 0.25) is 0 Å². The van der Waals surface area contributed by atoms with Gasteiger partial charge in [-0.2, -0.15) is 19.0 Å². The number of alkyl halides is 7. The van der Waals surface area contributed by atoms with E-state index in [4.69, 9.17) is 16.6 Å². The molecule has 0 spiro atoms. The van der Waals surface area contributed by atoms with Crippen molar-refractivity contribution >= 4 is 55.2 Å². The third kappa shape index (κ3) is 7.48. The molecule has 1 fully saturated rings. The zero-order chi connectivity index (χ0) is 45.6. The number of H-pyrrole nitrogens is 1. The third-order valence-electron chi connectivity index (χ3n) is 11.1. The Morgan fingerprint density at radius 2 is 1.77 bits per heavy atom. The van der Waals surface area contributed by atoms with Gasteiger partial charge in [0.05, 0.1) is 39.7 Å². The molecule has 4 aromatic heterocycles. The smallest absolute Gasteiger partial charge is 0.293 e. The number of fused-ring (bicyclic) bond motifs is 5. The van der Waals surface area contributed by atoms with Crippen LogP contribution < -0.4 is 15.6 Å². The minimum absolute atomic E-state index is 0.0183. The van der Waals surface area contributed by atoms with Crippen LogP contribution in [-0.2, 0) is 33.2 Å². The molecule has 0 radical (unpaired) electrons. The molecule has 1 saturated carbocycles. The van der Waals surface area contributed by atoms with Gasteiger partial charge >= 0.3 is 0 Å².